The molecule has 0 radical (unpaired) electrons. The lowest BCUT2D eigenvalue weighted by atomic mass is 10.3. The van der Waals surface area contributed by atoms with Crippen molar-refractivity contribution in [2.75, 3.05) is 0 Å². The largest absolute Gasteiger partial charge is 0.256 e. The second kappa shape index (κ2) is 3.94. The topological polar surface area (TPSA) is 12.9 Å². The molecule has 0 aliphatic carbocycles. The minimum atomic E-state index is 0.487. The van der Waals surface area contributed by atoms with Crippen molar-refractivity contribution in [2.45, 2.75) is 11.2 Å². The van der Waals surface area contributed by atoms with Crippen LogP contribution in [0.25, 0.3) is 0 Å². The van der Waals surface area contributed by atoms with Crippen LogP contribution in [0.3, 0.4) is 0 Å². The Morgan fingerprint density at radius 2 is 2.10 bits per heavy atom. The van der Waals surface area contributed by atoms with Gasteiger partial charge < -0.3 is 0 Å². The van der Waals surface area contributed by atoms with E-state index in [2.05, 4.69) is 20.9 Å². The van der Waals surface area contributed by atoms with Crippen molar-refractivity contribution in [1.29, 1.82) is 0 Å². The summed E-state index contributed by atoms with van der Waals surface area (Å²) in [6.45, 7) is 0. The van der Waals surface area contributed by atoms with Gasteiger partial charge in [-0.25, -0.2) is 0 Å². The molecule has 0 bridgehead atoms. The monoisotopic (exact) mass is 219 g/mol. The fourth-order valence-corrected chi connectivity index (χ4v) is 1.14. The maximum Gasteiger partial charge on any atom is 0.0647 e. The lowest BCUT2D eigenvalue weighted by Gasteiger charge is -1.96. The molecule has 10 heavy (non-hydrogen) atoms. The van der Waals surface area contributed by atoms with Crippen molar-refractivity contribution < 1.29 is 0 Å². The number of aromatic nitrogens is 1. The quantitative estimate of drug-likeness (QED) is 0.699. The van der Waals surface area contributed by atoms with Gasteiger partial charge in [0.25, 0.3) is 0 Å². The first-order valence-corrected chi connectivity index (χ1v) is 4.59. The van der Waals surface area contributed by atoms with E-state index in [1.54, 1.807) is 0 Å². The molecule has 0 N–H and O–H groups in total. The Morgan fingerprint density at radius 3 is 2.70 bits per heavy atom. The van der Waals surface area contributed by atoms with E-state index in [0.717, 1.165) is 16.7 Å². The highest BCUT2D eigenvalue weighted by Crippen LogP contribution is 2.05. The van der Waals surface area contributed by atoms with Crippen LogP contribution in [0.1, 0.15) is 11.4 Å². The summed E-state index contributed by atoms with van der Waals surface area (Å²) in [4.78, 5) is 4.23. The molecule has 3 heteroatoms. The van der Waals surface area contributed by atoms with E-state index in [1.807, 2.05) is 18.2 Å². The molecule has 1 nitrogen and oxygen atoms in total. The Bertz CT molecular complexity index is 195. The summed E-state index contributed by atoms with van der Waals surface area (Å²) in [5.74, 6) is 0.487. The van der Waals surface area contributed by atoms with Crippen LogP contribution in [-0.4, -0.2) is 4.98 Å². The average Bonchev–Trinajstić information content (AvgIpc) is 2.05. The van der Waals surface area contributed by atoms with Crippen molar-refractivity contribution in [2.24, 2.45) is 0 Å². The summed E-state index contributed by atoms with van der Waals surface area (Å²) >= 11 is 8.89. The Kier molecular flexibility index (Phi) is 3.16. The van der Waals surface area contributed by atoms with Crippen LogP contribution < -0.4 is 0 Å². The van der Waals surface area contributed by atoms with E-state index < -0.39 is 0 Å². The molecule has 1 heterocycles. The lowest BCUT2D eigenvalue weighted by molar-refractivity contribution is 1.09. The van der Waals surface area contributed by atoms with Gasteiger partial charge in [0.05, 0.1) is 17.3 Å². The average molecular weight is 220 g/mol. The molecule has 0 spiro atoms. The summed E-state index contributed by atoms with van der Waals surface area (Å²) in [7, 11) is 0. The summed E-state index contributed by atoms with van der Waals surface area (Å²) in [6.07, 6.45) is 0. The van der Waals surface area contributed by atoms with Gasteiger partial charge >= 0.3 is 0 Å². The number of alkyl halides is 2. The van der Waals surface area contributed by atoms with Gasteiger partial charge in [0, 0.05) is 5.33 Å². The van der Waals surface area contributed by atoms with E-state index in [4.69, 9.17) is 11.6 Å². The smallest absolute Gasteiger partial charge is 0.0647 e. The molecular formula is C7H7BrClN. The van der Waals surface area contributed by atoms with Crippen molar-refractivity contribution in [1.82, 2.24) is 4.98 Å². The Balaban J connectivity index is 2.87. The Morgan fingerprint density at radius 1 is 1.40 bits per heavy atom. The molecule has 1 aromatic heterocycles. The number of nitrogens with zero attached hydrogens (tertiary/aromatic N) is 1. The Labute approximate surface area is 73.6 Å². The van der Waals surface area contributed by atoms with Crippen LogP contribution in [0, 0.1) is 0 Å². The van der Waals surface area contributed by atoms with Gasteiger partial charge in [0.2, 0.25) is 0 Å². The zero-order valence-corrected chi connectivity index (χ0v) is 7.69. The maximum atomic E-state index is 5.58. The van der Waals surface area contributed by atoms with E-state index in [0.29, 0.717) is 5.88 Å². The molecule has 0 saturated heterocycles. The second-order valence-corrected chi connectivity index (χ2v) is 2.72. The fraction of sp³-hybridized carbons (Fsp3) is 0.286. The molecule has 0 saturated carbocycles. The summed E-state index contributed by atoms with van der Waals surface area (Å²) in [6, 6.07) is 5.84. The number of pyridine rings is 1. The fourth-order valence-electron chi connectivity index (χ4n) is 0.678. The molecule has 1 aromatic rings. The van der Waals surface area contributed by atoms with Crippen LogP contribution in [0.4, 0.5) is 0 Å². The van der Waals surface area contributed by atoms with Gasteiger partial charge in [-0.1, -0.05) is 22.0 Å². The molecule has 0 fully saturated rings. The van der Waals surface area contributed by atoms with Crippen LogP contribution in [0.5, 0.6) is 0 Å². The number of halogens is 2. The van der Waals surface area contributed by atoms with Gasteiger partial charge in [-0.05, 0) is 12.1 Å². The molecule has 54 valence electrons. The second-order valence-electron chi connectivity index (χ2n) is 1.89. The third-order valence-corrected chi connectivity index (χ3v) is 1.99. The standard InChI is InChI=1S/C7H7BrClN/c8-4-6-2-1-3-7(5-9)10-6/h1-3H,4-5H2. The van der Waals surface area contributed by atoms with Crippen LogP contribution >= 0.6 is 27.5 Å². The first-order valence-electron chi connectivity index (χ1n) is 2.93. The van der Waals surface area contributed by atoms with Gasteiger partial charge in [-0.3, -0.25) is 4.98 Å². The van der Waals surface area contributed by atoms with Crippen molar-refractivity contribution >= 4 is 27.5 Å². The molecule has 0 unspecified atom stereocenters. The van der Waals surface area contributed by atoms with Crippen LogP contribution in [0.15, 0.2) is 18.2 Å². The predicted octanol–water partition coefficient (Wildman–Crippen LogP) is 2.72. The van der Waals surface area contributed by atoms with Crippen LogP contribution in [-0.2, 0) is 11.2 Å². The van der Waals surface area contributed by atoms with Gasteiger partial charge in [-0.15, -0.1) is 11.6 Å². The summed E-state index contributed by atoms with van der Waals surface area (Å²) < 4.78 is 0. The number of rotatable bonds is 2. The predicted molar refractivity (Wildman–Crippen MR) is 46.4 cm³/mol. The van der Waals surface area contributed by atoms with Gasteiger partial charge in [-0.2, -0.15) is 0 Å². The minimum Gasteiger partial charge on any atom is -0.256 e. The van der Waals surface area contributed by atoms with E-state index >= 15 is 0 Å². The molecular weight excluding hydrogens is 213 g/mol. The molecule has 0 aliphatic rings. The summed E-state index contributed by atoms with van der Waals surface area (Å²) in [5.41, 5.74) is 1.96. The minimum absolute atomic E-state index is 0.487. The maximum absolute atomic E-state index is 5.58. The highest BCUT2D eigenvalue weighted by atomic mass is 79.9. The third-order valence-electron chi connectivity index (χ3n) is 1.14. The number of hydrogen-bond acceptors (Lipinski definition) is 1. The molecule has 0 aromatic carbocycles. The third kappa shape index (κ3) is 1.96. The normalized spacial score (nSPS) is 9.80. The first kappa shape index (κ1) is 8.02. The highest BCUT2D eigenvalue weighted by molar-refractivity contribution is 9.08. The lowest BCUT2D eigenvalue weighted by Crippen LogP contribution is -1.88. The van der Waals surface area contributed by atoms with Crippen molar-refractivity contribution in [3.63, 3.8) is 0 Å². The van der Waals surface area contributed by atoms with E-state index in [1.165, 1.54) is 0 Å². The highest BCUT2D eigenvalue weighted by Gasteiger charge is 1.92. The first-order chi connectivity index (χ1) is 4.86. The zero-order chi connectivity index (χ0) is 7.40. The van der Waals surface area contributed by atoms with Crippen molar-refractivity contribution in [3.05, 3.63) is 29.6 Å². The van der Waals surface area contributed by atoms with E-state index in [-0.39, 0.29) is 0 Å². The summed E-state index contributed by atoms with van der Waals surface area (Å²) in [5, 5.41) is 0.789. The molecule has 0 atom stereocenters. The van der Waals surface area contributed by atoms with E-state index in [9.17, 15) is 0 Å². The van der Waals surface area contributed by atoms with Gasteiger partial charge in [0.1, 0.15) is 0 Å². The van der Waals surface area contributed by atoms with Crippen molar-refractivity contribution in [3.8, 4) is 0 Å². The molecule has 0 aliphatic heterocycles. The molecule has 1 rings (SSSR count). The SMILES string of the molecule is ClCc1cccc(CBr)n1. The van der Waals surface area contributed by atoms with Gasteiger partial charge in [0.15, 0.2) is 0 Å². The number of hydrogen-bond donors (Lipinski definition) is 0. The molecule has 0 amide bonds. The van der Waals surface area contributed by atoms with Crippen LogP contribution in [0.2, 0.25) is 0 Å². The zero-order valence-electron chi connectivity index (χ0n) is 5.35. The Hall–Kier alpha value is -0.0800.